The van der Waals surface area contributed by atoms with Crippen LogP contribution in [0.25, 0.3) is 99.7 Å². The van der Waals surface area contributed by atoms with Crippen LogP contribution in [0.1, 0.15) is 0 Å². The molecule has 3 heteroatoms. The maximum Gasteiger partial charge on any atom is 0.160 e. The Labute approximate surface area is 307 Å². The molecule has 0 spiro atoms. The van der Waals surface area contributed by atoms with E-state index in [0.717, 1.165) is 44.9 Å². The number of rotatable bonds is 6. The topological polar surface area (TPSA) is 41.6 Å². The number of hydrogen-bond acceptors (Lipinski definition) is 2. The lowest BCUT2D eigenvalue weighted by molar-refractivity contribution is 1.19. The third kappa shape index (κ3) is 5.65. The highest BCUT2D eigenvalue weighted by molar-refractivity contribution is 6.13. The summed E-state index contributed by atoms with van der Waals surface area (Å²) in [6.07, 6.45) is 1.95. The normalized spacial score (nSPS) is 11.4. The van der Waals surface area contributed by atoms with E-state index in [1.165, 1.54) is 49.0 Å². The van der Waals surface area contributed by atoms with Gasteiger partial charge in [-0.1, -0.05) is 158 Å². The second kappa shape index (κ2) is 12.9. The van der Waals surface area contributed by atoms with E-state index < -0.39 is 0 Å². The average molecular weight is 676 g/mol. The lowest BCUT2D eigenvalue weighted by Crippen LogP contribution is -1.97. The van der Waals surface area contributed by atoms with Gasteiger partial charge in [-0.15, -0.1) is 0 Å². The van der Waals surface area contributed by atoms with Crippen molar-refractivity contribution in [3.63, 3.8) is 0 Å². The molecule has 248 valence electrons. The number of nitrogens with zero attached hydrogens (tertiary/aromatic N) is 2. The number of aromatic amines is 1. The summed E-state index contributed by atoms with van der Waals surface area (Å²) in [5, 5.41) is 7.26. The van der Waals surface area contributed by atoms with Gasteiger partial charge in [0, 0.05) is 28.6 Å². The molecule has 3 nitrogen and oxygen atoms in total. The molecule has 0 fully saturated rings. The van der Waals surface area contributed by atoms with Crippen molar-refractivity contribution in [1.82, 2.24) is 15.0 Å². The Morgan fingerprint density at radius 1 is 0.321 bits per heavy atom. The molecule has 0 saturated carbocycles. The highest BCUT2D eigenvalue weighted by Crippen LogP contribution is 2.38. The van der Waals surface area contributed by atoms with Crippen LogP contribution < -0.4 is 0 Å². The van der Waals surface area contributed by atoms with Crippen molar-refractivity contribution < 1.29 is 0 Å². The molecular weight excluding hydrogens is 643 g/mol. The van der Waals surface area contributed by atoms with E-state index in [4.69, 9.17) is 9.97 Å². The average Bonchev–Trinajstić information content (AvgIpc) is 3.79. The molecule has 10 aromatic rings. The quantitative estimate of drug-likeness (QED) is 0.178. The summed E-state index contributed by atoms with van der Waals surface area (Å²) in [5.74, 6) is 0.695. The minimum atomic E-state index is 0.695. The molecule has 1 N–H and O–H groups in total. The fraction of sp³-hybridized carbons (Fsp3) is 0. The molecule has 53 heavy (non-hydrogen) atoms. The Kier molecular flexibility index (Phi) is 7.47. The van der Waals surface area contributed by atoms with Gasteiger partial charge in [0.2, 0.25) is 0 Å². The van der Waals surface area contributed by atoms with Gasteiger partial charge in [0.1, 0.15) is 0 Å². The monoisotopic (exact) mass is 675 g/mol. The second-order valence-corrected chi connectivity index (χ2v) is 13.5. The summed E-state index contributed by atoms with van der Waals surface area (Å²) in [6, 6.07) is 66.9. The van der Waals surface area contributed by atoms with E-state index in [9.17, 15) is 0 Å². The molecule has 2 aromatic heterocycles. The Bertz CT molecular complexity index is 2920. The van der Waals surface area contributed by atoms with Crippen molar-refractivity contribution in [1.29, 1.82) is 0 Å². The molecule has 10 rings (SSSR count). The molecule has 8 aromatic carbocycles. The van der Waals surface area contributed by atoms with Crippen LogP contribution in [0.5, 0.6) is 0 Å². The van der Waals surface area contributed by atoms with Crippen molar-refractivity contribution in [2.24, 2.45) is 0 Å². The van der Waals surface area contributed by atoms with Gasteiger partial charge in [-0.2, -0.15) is 0 Å². The van der Waals surface area contributed by atoms with Crippen LogP contribution in [0.15, 0.2) is 194 Å². The third-order valence-corrected chi connectivity index (χ3v) is 10.3. The lowest BCUT2D eigenvalue weighted by atomic mass is 9.94. The number of H-pyrrole nitrogens is 1. The van der Waals surface area contributed by atoms with Gasteiger partial charge in [0.25, 0.3) is 0 Å². The van der Waals surface area contributed by atoms with E-state index in [1.807, 2.05) is 12.3 Å². The van der Waals surface area contributed by atoms with E-state index >= 15 is 0 Å². The first-order valence-corrected chi connectivity index (χ1v) is 18.0. The predicted octanol–water partition coefficient (Wildman–Crippen LogP) is 13.3. The summed E-state index contributed by atoms with van der Waals surface area (Å²) in [4.78, 5) is 13.9. The fourth-order valence-corrected chi connectivity index (χ4v) is 7.62. The molecule has 2 heterocycles. The molecular formula is C50H33N3. The second-order valence-electron chi connectivity index (χ2n) is 13.5. The van der Waals surface area contributed by atoms with E-state index in [1.54, 1.807) is 0 Å². The van der Waals surface area contributed by atoms with Crippen LogP contribution in [0.3, 0.4) is 0 Å². The van der Waals surface area contributed by atoms with Crippen molar-refractivity contribution in [3.8, 4) is 67.4 Å². The first-order chi connectivity index (χ1) is 26.2. The largest absolute Gasteiger partial charge is 0.361 e. The highest BCUT2D eigenvalue weighted by Gasteiger charge is 2.16. The summed E-state index contributed by atoms with van der Waals surface area (Å²) >= 11 is 0. The SMILES string of the molecule is c1cc(-c2nc(-c3ccc(-c4ccc(-c5ccc[nH]5)cc4)cc3)cc(-c3cc4ccccc4c4ccccc34)n2)cc(-c2cccc3ccccc23)c1. The minimum Gasteiger partial charge on any atom is -0.361 e. The number of benzene rings is 8. The smallest absolute Gasteiger partial charge is 0.160 e. The van der Waals surface area contributed by atoms with Gasteiger partial charge >= 0.3 is 0 Å². The van der Waals surface area contributed by atoms with E-state index in [0.29, 0.717) is 5.82 Å². The van der Waals surface area contributed by atoms with Crippen LogP contribution in [-0.4, -0.2) is 15.0 Å². The molecule has 0 radical (unpaired) electrons. The molecule has 0 aliphatic heterocycles. The standard InChI is InChI=1S/C50H33N3/c1-3-15-41-35(10-1)12-8-19-42(41)38-13-7-14-40(30-38)50-52-48(37-27-23-34(24-28-37)33-21-25-36(26-22-33)47-20-9-29-51-47)32-49(53-50)46-31-39-11-2-4-16-43(39)44-17-5-6-18-45(44)46/h1-32,51H. The first-order valence-electron chi connectivity index (χ1n) is 18.0. The molecule has 0 saturated heterocycles. The molecule has 0 aliphatic rings. The number of aromatic nitrogens is 3. The van der Waals surface area contributed by atoms with Gasteiger partial charge in [0.15, 0.2) is 5.82 Å². The van der Waals surface area contributed by atoms with Crippen molar-refractivity contribution in [2.45, 2.75) is 0 Å². The fourth-order valence-electron chi connectivity index (χ4n) is 7.62. The summed E-state index contributed by atoms with van der Waals surface area (Å²) < 4.78 is 0. The highest BCUT2D eigenvalue weighted by atomic mass is 14.9. The van der Waals surface area contributed by atoms with Crippen LogP contribution in [0.4, 0.5) is 0 Å². The van der Waals surface area contributed by atoms with Crippen LogP contribution in [0, 0.1) is 0 Å². The predicted molar refractivity (Wildman–Crippen MR) is 222 cm³/mol. The molecule has 0 bridgehead atoms. The molecule has 0 unspecified atom stereocenters. The maximum absolute atomic E-state index is 5.33. The van der Waals surface area contributed by atoms with Crippen molar-refractivity contribution in [2.75, 3.05) is 0 Å². The molecule has 0 atom stereocenters. The van der Waals surface area contributed by atoms with Gasteiger partial charge in [-0.3, -0.25) is 0 Å². The molecule has 0 aliphatic carbocycles. The van der Waals surface area contributed by atoms with E-state index in [2.05, 4.69) is 187 Å². The third-order valence-electron chi connectivity index (χ3n) is 10.3. The summed E-state index contributed by atoms with van der Waals surface area (Å²) in [7, 11) is 0. The summed E-state index contributed by atoms with van der Waals surface area (Å²) in [6.45, 7) is 0. The first kappa shape index (κ1) is 30.7. The van der Waals surface area contributed by atoms with Crippen molar-refractivity contribution in [3.05, 3.63) is 194 Å². The zero-order valence-corrected chi connectivity index (χ0v) is 28.9. The van der Waals surface area contributed by atoms with Crippen LogP contribution in [-0.2, 0) is 0 Å². The zero-order chi connectivity index (χ0) is 35.1. The van der Waals surface area contributed by atoms with Crippen LogP contribution >= 0.6 is 0 Å². The lowest BCUT2D eigenvalue weighted by Gasteiger charge is -2.14. The Hall–Kier alpha value is -7.10. The summed E-state index contributed by atoms with van der Waals surface area (Å²) in [5.41, 5.74) is 11.8. The Morgan fingerprint density at radius 3 is 1.70 bits per heavy atom. The number of fused-ring (bicyclic) bond motifs is 4. The van der Waals surface area contributed by atoms with Gasteiger partial charge in [-0.05, 0) is 90.5 Å². The number of nitrogens with one attached hydrogen (secondary N) is 1. The van der Waals surface area contributed by atoms with Crippen LogP contribution in [0.2, 0.25) is 0 Å². The molecule has 0 amide bonds. The van der Waals surface area contributed by atoms with Gasteiger partial charge < -0.3 is 4.98 Å². The number of hydrogen-bond donors (Lipinski definition) is 1. The van der Waals surface area contributed by atoms with Gasteiger partial charge in [0.05, 0.1) is 11.4 Å². The Morgan fingerprint density at radius 2 is 0.925 bits per heavy atom. The van der Waals surface area contributed by atoms with Crippen molar-refractivity contribution >= 4 is 32.3 Å². The zero-order valence-electron chi connectivity index (χ0n) is 28.9. The van der Waals surface area contributed by atoms with E-state index in [-0.39, 0.29) is 0 Å². The van der Waals surface area contributed by atoms with Gasteiger partial charge in [-0.25, -0.2) is 9.97 Å². The Balaban J connectivity index is 1.12. The maximum atomic E-state index is 5.33. The minimum absolute atomic E-state index is 0.695.